The molecule has 4 rings (SSSR count). The second kappa shape index (κ2) is 11.0. The Labute approximate surface area is 202 Å². The lowest BCUT2D eigenvalue weighted by Crippen LogP contribution is -2.34. The molecular weight excluding hydrogens is 432 g/mol. The van der Waals surface area contributed by atoms with Gasteiger partial charge in [-0.2, -0.15) is 0 Å². The summed E-state index contributed by atoms with van der Waals surface area (Å²) in [5.41, 5.74) is 2.94. The van der Waals surface area contributed by atoms with Gasteiger partial charge in [0.05, 0.1) is 27.4 Å². The van der Waals surface area contributed by atoms with E-state index < -0.39 is 0 Å². The molecule has 0 aromatic heterocycles. The Hall–Kier alpha value is -2.93. The third-order valence-corrected chi connectivity index (χ3v) is 6.67. The third kappa shape index (κ3) is 5.41. The normalized spacial score (nSPS) is 18.5. The monoisotopic (exact) mass is 468 g/mol. The molecular formula is C27H36N2O5. The third-order valence-electron chi connectivity index (χ3n) is 6.67. The van der Waals surface area contributed by atoms with E-state index in [1.54, 1.807) is 14.2 Å². The quantitative estimate of drug-likeness (QED) is 0.606. The molecule has 2 aromatic rings. The van der Waals surface area contributed by atoms with Crippen LogP contribution in [0.2, 0.25) is 0 Å². The molecule has 1 saturated heterocycles. The number of amides is 1. The van der Waals surface area contributed by atoms with Gasteiger partial charge in [0.2, 0.25) is 5.91 Å². The van der Waals surface area contributed by atoms with Gasteiger partial charge in [-0.1, -0.05) is 13.0 Å². The Kier molecular flexibility index (Phi) is 7.83. The van der Waals surface area contributed by atoms with Crippen LogP contribution in [0.5, 0.6) is 23.0 Å². The Morgan fingerprint density at radius 3 is 2.59 bits per heavy atom. The van der Waals surface area contributed by atoms with Gasteiger partial charge in [-0.25, -0.2) is 0 Å². The van der Waals surface area contributed by atoms with Gasteiger partial charge >= 0.3 is 0 Å². The highest BCUT2D eigenvalue weighted by Crippen LogP contribution is 2.41. The molecule has 1 atom stereocenters. The number of hydrogen-bond acceptors (Lipinski definition) is 6. The average molecular weight is 469 g/mol. The van der Waals surface area contributed by atoms with Crippen LogP contribution in [0.25, 0.3) is 11.1 Å². The molecule has 2 aliphatic heterocycles. The average Bonchev–Trinajstić information content (AvgIpc) is 3.09. The Bertz CT molecular complexity index is 1010. The van der Waals surface area contributed by atoms with Crippen molar-refractivity contribution in [2.45, 2.75) is 32.7 Å². The summed E-state index contributed by atoms with van der Waals surface area (Å²) >= 11 is 0. The second-order valence-electron chi connectivity index (χ2n) is 9.13. The number of ether oxygens (including phenoxy) is 4. The molecule has 0 N–H and O–H groups in total. The maximum absolute atomic E-state index is 12.5. The summed E-state index contributed by atoms with van der Waals surface area (Å²) in [6, 6.07) is 10.0. The Morgan fingerprint density at radius 1 is 1.06 bits per heavy atom. The van der Waals surface area contributed by atoms with Crippen molar-refractivity contribution in [3.05, 3.63) is 35.9 Å². The van der Waals surface area contributed by atoms with Crippen molar-refractivity contribution in [1.29, 1.82) is 0 Å². The van der Waals surface area contributed by atoms with Crippen LogP contribution in [0.3, 0.4) is 0 Å². The van der Waals surface area contributed by atoms with Gasteiger partial charge in [-0.3, -0.25) is 4.79 Å². The Balaban J connectivity index is 1.70. The first-order chi connectivity index (χ1) is 16.5. The molecule has 2 heterocycles. The van der Waals surface area contributed by atoms with E-state index in [0.717, 1.165) is 41.3 Å². The zero-order valence-electron chi connectivity index (χ0n) is 20.8. The lowest BCUT2D eigenvalue weighted by Gasteiger charge is -2.29. The number of rotatable bonds is 7. The van der Waals surface area contributed by atoms with Crippen molar-refractivity contribution in [3.63, 3.8) is 0 Å². The summed E-state index contributed by atoms with van der Waals surface area (Å²) in [6.07, 6.45) is 2.84. The zero-order valence-corrected chi connectivity index (χ0v) is 20.8. The maximum atomic E-state index is 12.5. The fourth-order valence-corrected chi connectivity index (χ4v) is 4.83. The van der Waals surface area contributed by atoms with Gasteiger partial charge in [-0.05, 0) is 61.8 Å². The number of hydrogen-bond donors (Lipinski definition) is 0. The van der Waals surface area contributed by atoms with E-state index in [0.29, 0.717) is 50.1 Å². The first kappa shape index (κ1) is 24.2. The molecule has 34 heavy (non-hydrogen) atoms. The molecule has 0 aliphatic carbocycles. The van der Waals surface area contributed by atoms with Crippen molar-refractivity contribution in [2.24, 2.45) is 5.92 Å². The molecule has 7 nitrogen and oxygen atoms in total. The molecule has 0 spiro atoms. The number of fused-ring (bicyclic) bond motifs is 1. The smallest absolute Gasteiger partial charge is 0.222 e. The molecule has 1 fully saturated rings. The van der Waals surface area contributed by atoms with Gasteiger partial charge < -0.3 is 28.7 Å². The van der Waals surface area contributed by atoms with Crippen LogP contribution in [0.4, 0.5) is 0 Å². The zero-order chi connectivity index (χ0) is 24.1. The number of piperidine rings is 1. The molecule has 2 aliphatic rings. The number of nitrogens with zero attached hydrogens (tertiary/aromatic N) is 2. The van der Waals surface area contributed by atoms with E-state index in [1.165, 1.54) is 12.8 Å². The van der Waals surface area contributed by atoms with Crippen LogP contribution in [-0.2, 0) is 11.3 Å². The standard InChI is InChI=1S/C27H36N2O5/c1-5-26(30)29-11-12-33-27-22(17-29)13-21(20-8-9-23(31-3)24(14-20)32-4)15-25(27)34-18-19-7-6-10-28(2)16-19/h8-9,13-15,19H,5-7,10-12,16-18H2,1-4H3/t19-/m1/s1. The number of likely N-dealkylation sites (tertiary alicyclic amines) is 1. The molecule has 2 aromatic carbocycles. The number of carbonyl (C=O) groups is 1. The van der Waals surface area contributed by atoms with Crippen LogP contribution in [0.15, 0.2) is 30.3 Å². The van der Waals surface area contributed by atoms with E-state index in [1.807, 2.05) is 36.1 Å². The first-order valence-electron chi connectivity index (χ1n) is 12.1. The SMILES string of the molecule is CCC(=O)N1CCOc2c(cc(-c3ccc(OC)c(OC)c3)cc2OC[C@@H]2CCCN(C)C2)C1. The van der Waals surface area contributed by atoms with Crippen LogP contribution < -0.4 is 18.9 Å². The Morgan fingerprint density at radius 2 is 1.85 bits per heavy atom. The van der Waals surface area contributed by atoms with Crippen LogP contribution >= 0.6 is 0 Å². The first-order valence-corrected chi connectivity index (χ1v) is 12.1. The van der Waals surface area contributed by atoms with E-state index in [9.17, 15) is 4.79 Å². The topological polar surface area (TPSA) is 60.5 Å². The van der Waals surface area contributed by atoms with Crippen molar-refractivity contribution in [3.8, 4) is 34.1 Å². The molecule has 0 saturated carbocycles. The largest absolute Gasteiger partial charge is 0.493 e. The summed E-state index contributed by atoms with van der Waals surface area (Å²) < 4.78 is 23.5. The summed E-state index contributed by atoms with van der Waals surface area (Å²) in [6.45, 7) is 6.25. The lowest BCUT2D eigenvalue weighted by molar-refractivity contribution is -0.131. The van der Waals surface area contributed by atoms with Crippen LogP contribution in [0.1, 0.15) is 31.7 Å². The summed E-state index contributed by atoms with van der Waals surface area (Å²) in [5, 5.41) is 0. The molecule has 0 radical (unpaired) electrons. The minimum absolute atomic E-state index is 0.126. The molecule has 1 amide bonds. The second-order valence-corrected chi connectivity index (χ2v) is 9.13. The van der Waals surface area contributed by atoms with Crippen LogP contribution in [0, 0.1) is 5.92 Å². The summed E-state index contributed by atoms with van der Waals surface area (Å²) in [4.78, 5) is 16.7. The summed E-state index contributed by atoms with van der Waals surface area (Å²) in [5.74, 6) is 3.45. The maximum Gasteiger partial charge on any atom is 0.222 e. The van der Waals surface area contributed by atoms with E-state index in [2.05, 4.69) is 18.0 Å². The highest BCUT2D eigenvalue weighted by Gasteiger charge is 2.25. The number of benzene rings is 2. The summed E-state index contributed by atoms with van der Waals surface area (Å²) in [7, 11) is 5.43. The van der Waals surface area contributed by atoms with Crippen molar-refractivity contribution in [2.75, 3.05) is 54.1 Å². The number of carbonyl (C=O) groups excluding carboxylic acids is 1. The predicted molar refractivity (Wildman–Crippen MR) is 132 cm³/mol. The minimum atomic E-state index is 0.126. The fourth-order valence-electron chi connectivity index (χ4n) is 4.83. The van der Waals surface area contributed by atoms with Gasteiger partial charge in [0, 0.05) is 31.0 Å². The van der Waals surface area contributed by atoms with E-state index in [-0.39, 0.29) is 5.91 Å². The van der Waals surface area contributed by atoms with Gasteiger partial charge in [-0.15, -0.1) is 0 Å². The van der Waals surface area contributed by atoms with Crippen molar-refractivity contribution >= 4 is 5.91 Å². The lowest BCUT2D eigenvalue weighted by atomic mass is 9.99. The van der Waals surface area contributed by atoms with E-state index in [4.69, 9.17) is 18.9 Å². The predicted octanol–water partition coefficient (Wildman–Crippen LogP) is 4.22. The van der Waals surface area contributed by atoms with Crippen molar-refractivity contribution in [1.82, 2.24) is 9.80 Å². The molecule has 0 unspecified atom stereocenters. The van der Waals surface area contributed by atoms with E-state index >= 15 is 0 Å². The molecule has 7 heteroatoms. The van der Waals surface area contributed by atoms with Crippen LogP contribution in [-0.4, -0.2) is 69.8 Å². The fraction of sp³-hybridized carbons (Fsp3) is 0.519. The highest BCUT2D eigenvalue weighted by atomic mass is 16.5. The van der Waals surface area contributed by atoms with Gasteiger partial charge in [0.25, 0.3) is 0 Å². The van der Waals surface area contributed by atoms with Gasteiger partial charge in [0.1, 0.15) is 6.61 Å². The van der Waals surface area contributed by atoms with Crippen molar-refractivity contribution < 1.29 is 23.7 Å². The highest BCUT2D eigenvalue weighted by molar-refractivity contribution is 5.77. The van der Waals surface area contributed by atoms with Gasteiger partial charge in [0.15, 0.2) is 23.0 Å². The molecule has 0 bridgehead atoms. The number of methoxy groups -OCH3 is 2. The minimum Gasteiger partial charge on any atom is -0.493 e. The molecule has 184 valence electrons.